The molecular formula is C32H40F2N4O. The molecule has 2 aliphatic rings. The van der Waals surface area contributed by atoms with Crippen LogP contribution in [-0.2, 0) is 11.3 Å². The minimum Gasteiger partial charge on any atom is -0.381 e. The van der Waals surface area contributed by atoms with Crippen molar-refractivity contribution in [1.82, 2.24) is 19.8 Å². The third-order valence-corrected chi connectivity index (χ3v) is 8.45. The van der Waals surface area contributed by atoms with Gasteiger partial charge in [0.2, 0.25) is 0 Å². The Bertz CT molecular complexity index is 1250. The van der Waals surface area contributed by atoms with E-state index in [-0.39, 0.29) is 11.5 Å². The molecule has 0 amide bonds. The second kappa shape index (κ2) is 12.4. The van der Waals surface area contributed by atoms with Crippen molar-refractivity contribution in [3.8, 4) is 11.3 Å². The molecule has 0 bridgehead atoms. The van der Waals surface area contributed by atoms with Crippen molar-refractivity contribution in [1.29, 1.82) is 0 Å². The van der Waals surface area contributed by atoms with Crippen LogP contribution in [0.2, 0.25) is 0 Å². The van der Waals surface area contributed by atoms with Gasteiger partial charge in [-0.05, 0) is 67.8 Å². The first kappa shape index (κ1) is 27.5. The minimum atomic E-state index is -0.470. The number of benzene rings is 2. The first-order valence-electron chi connectivity index (χ1n) is 14.1. The number of ether oxygens (including phenoxy) is 1. The third-order valence-electron chi connectivity index (χ3n) is 8.45. The van der Waals surface area contributed by atoms with E-state index in [9.17, 15) is 8.78 Å². The molecule has 0 spiro atoms. The first-order chi connectivity index (χ1) is 18.9. The van der Waals surface area contributed by atoms with Crippen LogP contribution in [0.1, 0.15) is 44.0 Å². The zero-order valence-electron chi connectivity index (χ0n) is 23.1. The SMILES string of the molecule is C=C(C)N1CC(C)[C@H](CNCC(c2nc(-c3cc(F)ccc3F)cn2Cc2ccccc2)C2CCOCC2)C1. The molecular weight excluding hydrogens is 494 g/mol. The van der Waals surface area contributed by atoms with Crippen LogP contribution < -0.4 is 5.32 Å². The summed E-state index contributed by atoms with van der Waals surface area (Å²) in [6.07, 6.45) is 3.80. The number of allylic oxidation sites excluding steroid dienone is 1. The van der Waals surface area contributed by atoms with Crippen molar-refractivity contribution in [3.05, 3.63) is 90.0 Å². The average Bonchev–Trinajstić information content (AvgIpc) is 3.52. The molecule has 2 aromatic carbocycles. The summed E-state index contributed by atoms with van der Waals surface area (Å²) in [4.78, 5) is 7.38. The highest BCUT2D eigenvalue weighted by atomic mass is 19.1. The van der Waals surface area contributed by atoms with Gasteiger partial charge in [0.1, 0.15) is 17.5 Å². The Morgan fingerprint density at radius 3 is 2.62 bits per heavy atom. The molecule has 1 aromatic heterocycles. The predicted octanol–water partition coefficient (Wildman–Crippen LogP) is 6.08. The molecule has 7 heteroatoms. The summed E-state index contributed by atoms with van der Waals surface area (Å²) in [5, 5.41) is 3.79. The Hall–Kier alpha value is -3.03. The van der Waals surface area contributed by atoms with Crippen molar-refractivity contribution >= 4 is 0 Å². The number of hydrogen-bond donors (Lipinski definition) is 1. The highest BCUT2D eigenvalue weighted by molar-refractivity contribution is 5.60. The maximum Gasteiger partial charge on any atom is 0.132 e. The van der Waals surface area contributed by atoms with Crippen LogP contribution in [0, 0.1) is 29.4 Å². The van der Waals surface area contributed by atoms with Gasteiger partial charge in [0.25, 0.3) is 0 Å². The van der Waals surface area contributed by atoms with Crippen LogP contribution in [0.25, 0.3) is 11.3 Å². The zero-order chi connectivity index (χ0) is 27.4. The summed E-state index contributed by atoms with van der Waals surface area (Å²) < 4.78 is 36.8. The van der Waals surface area contributed by atoms with Crippen LogP contribution in [0.5, 0.6) is 0 Å². The maximum absolute atomic E-state index is 14.8. The number of aromatic nitrogens is 2. The first-order valence-corrected chi connectivity index (χ1v) is 14.1. The Balaban J connectivity index is 1.44. The molecule has 3 atom stereocenters. The summed E-state index contributed by atoms with van der Waals surface area (Å²) in [5.41, 5.74) is 2.93. The van der Waals surface area contributed by atoms with E-state index in [0.29, 0.717) is 30.0 Å². The lowest BCUT2D eigenvalue weighted by atomic mass is 9.85. The number of halogens is 2. The lowest BCUT2D eigenvalue weighted by Gasteiger charge is -2.31. The normalized spacial score (nSPS) is 20.9. The van der Waals surface area contributed by atoms with Gasteiger partial charge < -0.3 is 19.5 Å². The van der Waals surface area contributed by atoms with E-state index in [1.54, 1.807) is 0 Å². The van der Waals surface area contributed by atoms with Gasteiger partial charge in [0.15, 0.2) is 0 Å². The Morgan fingerprint density at radius 1 is 1.13 bits per heavy atom. The average molecular weight is 535 g/mol. The van der Waals surface area contributed by atoms with Crippen molar-refractivity contribution < 1.29 is 13.5 Å². The molecule has 5 nitrogen and oxygen atoms in total. The van der Waals surface area contributed by atoms with Gasteiger partial charge >= 0.3 is 0 Å². The fourth-order valence-electron chi connectivity index (χ4n) is 6.08. The van der Waals surface area contributed by atoms with Gasteiger partial charge in [-0.1, -0.05) is 43.8 Å². The summed E-state index contributed by atoms with van der Waals surface area (Å²) in [6.45, 7) is 14.4. The minimum absolute atomic E-state index is 0.122. The molecule has 0 radical (unpaired) electrons. The second-order valence-electron chi connectivity index (χ2n) is 11.3. The van der Waals surface area contributed by atoms with Crippen LogP contribution in [-0.4, -0.2) is 53.8 Å². The maximum atomic E-state index is 14.8. The van der Waals surface area contributed by atoms with Crippen LogP contribution in [0.3, 0.4) is 0 Å². The van der Waals surface area contributed by atoms with E-state index >= 15 is 0 Å². The molecule has 2 aliphatic heterocycles. The molecule has 2 fully saturated rings. The lowest BCUT2D eigenvalue weighted by molar-refractivity contribution is 0.0562. The Kier molecular flexibility index (Phi) is 8.78. The van der Waals surface area contributed by atoms with E-state index in [2.05, 4.69) is 47.3 Å². The lowest BCUT2D eigenvalue weighted by Crippen LogP contribution is -2.35. The Morgan fingerprint density at radius 2 is 1.90 bits per heavy atom. The van der Waals surface area contributed by atoms with Gasteiger partial charge in [-0.2, -0.15) is 0 Å². The number of hydrogen-bond acceptors (Lipinski definition) is 4. The van der Waals surface area contributed by atoms with Crippen LogP contribution >= 0.6 is 0 Å². The van der Waals surface area contributed by atoms with E-state index < -0.39 is 11.6 Å². The summed E-state index contributed by atoms with van der Waals surface area (Å²) in [7, 11) is 0. The molecule has 0 aliphatic carbocycles. The summed E-state index contributed by atoms with van der Waals surface area (Å²) in [5.74, 6) is 1.64. The van der Waals surface area contributed by atoms with Gasteiger partial charge in [0, 0.05) is 62.8 Å². The molecule has 0 saturated carbocycles. The molecule has 1 N–H and O–H groups in total. The Labute approximate surface area is 230 Å². The molecule has 2 saturated heterocycles. The number of imidazole rings is 1. The monoisotopic (exact) mass is 534 g/mol. The summed E-state index contributed by atoms with van der Waals surface area (Å²) in [6, 6.07) is 13.8. The number of rotatable bonds is 10. The fourth-order valence-corrected chi connectivity index (χ4v) is 6.08. The van der Waals surface area contributed by atoms with Crippen molar-refractivity contribution in [2.75, 3.05) is 39.4 Å². The molecule has 2 unspecified atom stereocenters. The molecule has 208 valence electrons. The van der Waals surface area contributed by atoms with Crippen LogP contribution in [0.4, 0.5) is 8.78 Å². The van der Waals surface area contributed by atoms with Gasteiger partial charge in [0.05, 0.1) is 5.69 Å². The second-order valence-corrected chi connectivity index (χ2v) is 11.3. The van der Waals surface area contributed by atoms with Crippen molar-refractivity contribution in [2.24, 2.45) is 17.8 Å². The highest BCUT2D eigenvalue weighted by Gasteiger charge is 2.32. The molecule has 3 aromatic rings. The largest absolute Gasteiger partial charge is 0.381 e. The molecule has 39 heavy (non-hydrogen) atoms. The van der Waals surface area contributed by atoms with Crippen molar-refractivity contribution in [3.63, 3.8) is 0 Å². The quantitative estimate of drug-likeness (QED) is 0.343. The third kappa shape index (κ3) is 6.59. The van der Waals surface area contributed by atoms with E-state index in [1.165, 1.54) is 12.1 Å². The van der Waals surface area contributed by atoms with E-state index in [1.807, 2.05) is 24.4 Å². The smallest absolute Gasteiger partial charge is 0.132 e. The topological polar surface area (TPSA) is 42.3 Å². The standard InChI is InChI=1S/C32H40F2N4O/c1-22(2)37-18-23(3)26(20-37)16-35-17-29(25-11-13-39-14-12-25)32-36-31(28-15-27(33)9-10-30(28)34)21-38(32)19-24-7-5-4-6-8-24/h4-10,15,21,23,25-26,29,35H,1,11-14,16-20H2,2-3H3/t23?,26-,29?/m1/s1. The number of nitrogens with zero attached hydrogens (tertiary/aromatic N) is 3. The predicted molar refractivity (Wildman–Crippen MR) is 151 cm³/mol. The fraction of sp³-hybridized carbons (Fsp3) is 0.469. The van der Waals surface area contributed by atoms with Crippen LogP contribution in [0.15, 0.2) is 67.0 Å². The zero-order valence-corrected chi connectivity index (χ0v) is 23.1. The van der Waals surface area contributed by atoms with E-state index in [4.69, 9.17) is 9.72 Å². The number of likely N-dealkylation sites (tertiary alicyclic amines) is 1. The molecule has 3 heterocycles. The van der Waals surface area contributed by atoms with Gasteiger partial charge in [-0.3, -0.25) is 0 Å². The van der Waals surface area contributed by atoms with E-state index in [0.717, 1.165) is 75.4 Å². The van der Waals surface area contributed by atoms with Gasteiger partial charge in [-0.25, -0.2) is 13.8 Å². The highest BCUT2D eigenvalue weighted by Crippen LogP contribution is 2.34. The summed E-state index contributed by atoms with van der Waals surface area (Å²) >= 11 is 0. The number of nitrogens with one attached hydrogen (secondary N) is 1. The molecule has 5 rings (SSSR count). The van der Waals surface area contributed by atoms with Gasteiger partial charge in [-0.15, -0.1) is 0 Å². The van der Waals surface area contributed by atoms with Crippen molar-refractivity contribution in [2.45, 2.75) is 39.2 Å².